The lowest BCUT2D eigenvalue weighted by atomic mass is 10.3. The minimum atomic E-state index is -0.213. The molecule has 0 aliphatic carbocycles. The number of aliphatic hydroxyl groups excluding tert-OH is 1. The lowest BCUT2D eigenvalue weighted by Gasteiger charge is -2.12. The maximum absolute atomic E-state index is 11.6. The normalized spacial score (nSPS) is 10.7. The first-order chi connectivity index (χ1) is 7.06. The molecule has 0 aliphatic heterocycles. The van der Waals surface area contributed by atoms with Crippen LogP contribution >= 0.6 is 0 Å². The highest BCUT2D eigenvalue weighted by atomic mass is 16.3. The Labute approximate surface area is 88.9 Å². The van der Waals surface area contributed by atoms with E-state index in [1.807, 2.05) is 18.4 Å². The summed E-state index contributed by atoms with van der Waals surface area (Å²) in [5, 5.41) is 11.2. The molecule has 1 aromatic heterocycles. The molecular formula is C10H17N3O2. The number of carbonyl (C=O) groups is 1. The summed E-state index contributed by atoms with van der Waals surface area (Å²) >= 11 is 0. The predicted molar refractivity (Wildman–Crippen MR) is 58.6 cm³/mol. The van der Waals surface area contributed by atoms with Crippen LogP contribution in [-0.4, -0.2) is 28.7 Å². The minimum Gasteiger partial charge on any atom is -0.397 e. The Bertz CT molecular complexity index is 344. The Morgan fingerprint density at radius 3 is 2.87 bits per heavy atom. The van der Waals surface area contributed by atoms with Gasteiger partial charge in [0.05, 0.1) is 12.3 Å². The van der Waals surface area contributed by atoms with Crippen LogP contribution in [0.4, 0.5) is 5.69 Å². The number of nitrogens with two attached hydrogens (primary N) is 1. The molecule has 0 fully saturated rings. The van der Waals surface area contributed by atoms with Crippen LogP contribution in [0, 0.1) is 0 Å². The van der Waals surface area contributed by atoms with Crippen molar-refractivity contribution in [3.63, 3.8) is 0 Å². The summed E-state index contributed by atoms with van der Waals surface area (Å²) in [7, 11) is 0. The Morgan fingerprint density at radius 1 is 1.67 bits per heavy atom. The van der Waals surface area contributed by atoms with E-state index >= 15 is 0 Å². The van der Waals surface area contributed by atoms with Crippen molar-refractivity contribution in [3.05, 3.63) is 18.0 Å². The van der Waals surface area contributed by atoms with Gasteiger partial charge >= 0.3 is 0 Å². The van der Waals surface area contributed by atoms with E-state index < -0.39 is 0 Å². The van der Waals surface area contributed by atoms with Gasteiger partial charge in [-0.1, -0.05) is 0 Å². The van der Waals surface area contributed by atoms with E-state index in [2.05, 4.69) is 5.32 Å². The lowest BCUT2D eigenvalue weighted by molar-refractivity contribution is 0.0934. The van der Waals surface area contributed by atoms with Crippen molar-refractivity contribution < 1.29 is 9.90 Å². The van der Waals surface area contributed by atoms with Crippen molar-refractivity contribution in [2.75, 3.05) is 18.9 Å². The highest BCUT2D eigenvalue weighted by Crippen LogP contribution is 2.16. The fourth-order valence-electron chi connectivity index (χ4n) is 1.37. The molecule has 1 amide bonds. The summed E-state index contributed by atoms with van der Waals surface area (Å²) in [5.41, 5.74) is 6.72. The van der Waals surface area contributed by atoms with E-state index in [9.17, 15) is 4.79 Å². The Hall–Kier alpha value is -1.49. The van der Waals surface area contributed by atoms with Crippen molar-refractivity contribution >= 4 is 11.6 Å². The molecule has 0 saturated heterocycles. The van der Waals surface area contributed by atoms with Gasteiger partial charge < -0.3 is 20.7 Å². The molecule has 1 rings (SSSR count). The third-order valence-electron chi connectivity index (χ3n) is 2.06. The molecule has 0 saturated carbocycles. The van der Waals surface area contributed by atoms with Crippen LogP contribution in [0.5, 0.6) is 0 Å². The molecule has 1 aromatic rings. The van der Waals surface area contributed by atoms with Crippen LogP contribution in [0.1, 0.15) is 30.4 Å². The standard InChI is InChI=1S/C10H17N3O2/c1-7(2)13-6-8(11)5-9(13)10(15)12-3-4-14/h5-7,14H,3-4,11H2,1-2H3,(H,12,15). The Balaban J connectivity index is 2.87. The van der Waals surface area contributed by atoms with E-state index in [-0.39, 0.29) is 25.1 Å². The van der Waals surface area contributed by atoms with Gasteiger partial charge in [-0.3, -0.25) is 4.79 Å². The van der Waals surface area contributed by atoms with Gasteiger partial charge in [0.25, 0.3) is 5.91 Å². The molecule has 0 atom stereocenters. The van der Waals surface area contributed by atoms with Crippen molar-refractivity contribution in [1.29, 1.82) is 0 Å². The van der Waals surface area contributed by atoms with Gasteiger partial charge in [0.2, 0.25) is 0 Å². The molecule has 5 nitrogen and oxygen atoms in total. The number of aromatic nitrogens is 1. The van der Waals surface area contributed by atoms with Crippen LogP contribution in [-0.2, 0) is 0 Å². The van der Waals surface area contributed by atoms with Gasteiger partial charge in [-0.15, -0.1) is 0 Å². The molecule has 5 heteroatoms. The van der Waals surface area contributed by atoms with Crippen molar-refractivity contribution in [3.8, 4) is 0 Å². The van der Waals surface area contributed by atoms with Crippen LogP contribution in [0.25, 0.3) is 0 Å². The molecule has 0 aliphatic rings. The topological polar surface area (TPSA) is 80.3 Å². The molecule has 4 N–H and O–H groups in total. The number of nitrogens with zero attached hydrogens (tertiary/aromatic N) is 1. The molecule has 15 heavy (non-hydrogen) atoms. The highest BCUT2D eigenvalue weighted by molar-refractivity contribution is 5.93. The number of amides is 1. The van der Waals surface area contributed by atoms with Crippen LogP contribution in [0.3, 0.4) is 0 Å². The Morgan fingerprint density at radius 2 is 2.33 bits per heavy atom. The second-order valence-corrected chi connectivity index (χ2v) is 3.64. The summed E-state index contributed by atoms with van der Waals surface area (Å²) in [6.07, 6.45) is 1.73. The number of rotatable bonds is 4. The van der Waals surface area contributed by atoms with E-state index in [1.165, 1.54) is 0 Å². The second kappa shape index (κ2) is 4.84. The SMILES string of the molecule is CC(C)n1cc(N)cc1C(=O)NCCO. The number of nitrogens with one attached hydrogen (secondary N) is 1. The fraction of sp³-hybridized carbons (Fsp3) is 0.500. The van der Waals surface area contributed by atoms with Gasteiger partial charge in [0, 0.05) is 18.8 Å². The van der Waals surface area contributed by atoms with Crippen LogP contribution in [0.2, 0.25) is 0 Å². The number of aliphatic hydroxyl groups is 1. The summed E-state index contributed by atoms with van der Waals surface area (Å²) in [6.45, 7) is 4.14. The summed E-state index contributed by atoms with van der Waals surface area (Å²) < 4.78 is 1.81. The highest BCUT2D eigenvalue weighted by Gasteiger charge is 2.13. The molecule has 1 heterocycles. The monoisotopic (exact) mass is 211 g/mol. The van der Waals surface area contributed by atoms with Gasteiger partial charge in [-0.2, -0.15) is 0 Å². The smallest absolute Gasteiger partial charge is 0.268 e. The van der Waals surface area contributed by atoms with Gasteiger partial charge in [0.15, 0.2) is 0 Å². The average molecular weight is 211 g/mol. The fourth-order valence-corrected chi connectivity index (χ4v) is 1.37. The van der Waals surface area contributed by atoms with Crippen LogP contribution < -0.4 is 11.1 Å². The first kappa shape index (κ1) is 11.6. The zero-order chi connectivity index (χ0) is 11.4. The van der Waals surface area contributed by atoms with Gasteiger partial charge in [0.1, 0.15) is 5.69 Å². The molecule has 0 unspecified atom stereocenters. The van der Waals surface area contributed by atoms with E-state index in [0.29, 0.717) is 11.4 Å². The van der Waals surface area contributed by atoms with Crippen LogP contribution in [0.15, 0.2) is 12.3 Å². The first-order valence-corrected chi connectivity index (χ1v) is 4.92. The zero-order valence-electron chi connectivity index (χ0n) is 9.03. The minimum absolute atomic E-state index is 0.0659. The molecular weight excluding hydrogens is 194 g/mol. The number of anilines is 1. The van der Waals surface area contributed by atoms with Gasteiger partial charge in [-0.05, 0) is 19.9 Å². The molecule has 0 bridgehead atoms. The number of hydrogen-bond donors (Lipinski definition) is 3. The lowest BCUT2D eigenvalue weighted by Crippen LogP contribution is -2.28. The summed E-state index contributed by atoms with van der Waals surface area (Å²) in [6, 6.07) is 1.81. The second-order valence-electron chi connectivity index (χ2n) is 3.64. The predicted octanol–water partition coefficient (Wildman–Crippen LogP) is 0.373. The van der Waals surface area contributed by atoms with Gasteiger partial charge in [-0.25, -0.2) is 0 Å². The zero-order valence-corrected chi connectivity index (χ0v) is 9.03. The molecule has 0 spiro atoms. The molecule has 0 radical (unpaired) electrons. The molecule has 84 valence electrons. The van der Waals surface area contributed by atoms with Crippen molar-refractivity contribution in [2.24, 2.45) is 0 Å². The number of carbonyl (C=O) groups excluding carboxylic acids is 1. The quantitative estimate of drug-likeness (QED) is 0.673. The third kappa shape index (κ3) is 2.73. The number of nitrogen functional groups attached to an aromatic ring is 1. The van der Waals surface area contributed by atoms with Crippen molar-refractivity contribution in [1.82, 2.24) is 9.88 Å². The maximum Gasteiger partial charge on any atom is 0.268 e. The summed E-state index contributed by atoms with van der Waals surface area (Å²) in [4.78, 5) is 11.6. The number of hydrogen-bond acceptors (Lipinski definition) is 3. The van der Waals surface area contributed by atoms with Crippen molar-refractivity contribution in [2.45, 2.75) is 19.9 Å². The van der Waals surface area contributed by atoms with E-state index in [0.717, 1.165) is 0 Å². The van der Waals surface area contributed by atoms with E-state index in [4.69, 9.17) is 10.8 Å². The van der Waals surface area contributed by atoms with E-state index in [1.54, 1.807) is 12.3 Å². The largest absolute Gasteiger partial charge is 0.397 e. The third-order valence-corrected chi connectivity index (χ3v) is 2.06. The maximum atomic E-state index is 11.6. The molecule has 0 aromatic carbocycles. The summed E-state index contributed by atoms with van der Waals surface area (Å²) in [5.74, 6) is -0.213. The Kier molecular flexibility index (Phi) is 3.74. The first-order valence-electron chi connectivity index (χ1n) is 4.92. The average Bonchev–Trinajstić information content (AvgIpc) is 2.57.